The predicted octanol–water partition coefficient (Wildman–Crippen LogP) is 2.71. The van der Waals surface area contributed by atoms with Gasteiger partial charge in [-0.15, -0.1) is 0 Å². The molecule has 1 spiro atoms. The molecule has 0 bridgehead atoms. The molecule has 3 saturated heterocycles. The summed E-state index contributed by atoms with van der Waals surface area (Å²) in [5, 5.41) is 31.6. The number of aliphatic hydroxyl groups excluding tert-OH is 3. The molecule has 0 aliphatic carbocycles. The molecule has 9 nitrogen and oxygen atoms in total. The highest BCUT2D eigenvalue weighted by molar-refractivity contribution is 5.82. The molecule has 212 valence electrons. The van der Waals surface area contributed by atoms with Gasteiger partial charge in [-0.2, -0.15) is 0 Å². The number of ether oxygens (including phenoxy) is 5. The number of carbonyl (C=O) groups excluding carboxylic acids is 1. The maximum Gasteiger partial charge on any atom is 0.330 e. The first-order chi connectivity index (χ1) is 17.4. The molecule has 3 N–H and O–H groups in total. The third kappa shape index (κ3) is 6.64. The summed E-state index contributed by atoms with van der Waals surface area (Å²) in [5.74, 6) is -1.94. The zero-order chi connectivity index (χ0) is 27.5. The lowest BCUT2D eigenvalue weighted by atomic mass is 9.73. The molecular weight excluding hydrogens is 480 g/mol. The minimum atomic E-state index is -1.06. The molecule has 0 aromatic rings. The maximum absolute atomic E-state index is 11.3. The first-order valence-electron chi connectivity index (χ1n) is 13.6. The van der Waals surface area contributed by atoms with Crippen molar-refractivity contribution in [2.45, 2.75) is 116 Å². The van der Waals surface area contributed by atoms with Crippen LogP contribution in [0.5, 0.6) is 0 Å². The molecular formula is C28H46O9. The van der Waals surface area contributed by atoms with Crippen LogP contribution < -0.4 is 0 Å². The Kier molecular flexibility index (Phi) is 10.4. The van der Waals surface area contributed by atoms with Crippen LogP contribution in [-0.4, -0.2) is 83.2 Å². The molecule has 3 heterocycles. The van der Waals surface area contributed by atoms with Gasteiger partial charge in [-0.05, 0) is 20.3 Å². The van der Waals surface area contributed by atoms with Gasteiger partial charge < -0.3 is 39.0 Å². The monoisotopic (exact) mass is 526 g/mol. The summed E-state index contributed by atoms with van der Waals surface area (Å²) in [6.45, 7) is 11.8. The van der Waals surface area contributed by atoms with Crippen LogP contribution in [-0.2, 0) is 28.5 Å². The number of aliphatic hydroxyl groups is 3. The van der Waals surface area contributed by atoms with Crippen LogP contribution >= 0.6 is 0 Å². The normalized spacial score (nSPS) is 45.9. The van der Waals surface area contributed by atoms with E-state index >= 15 is 0 Å². The van der Waals surface area contributed by atoms with E-state index in [1.807, 2.05) is 33.8 Å². The number of carbonyl (C=O) groups is 1. The summed E-state index contributed by atoms with van der Waals surface area (Å²) < 4.78 is 30.3. The molecule has 37 heavy (non-hydrogen) atoms. The average Bonchev–Trinajstić information content (AvgIpc) is 2.85. The minimum Gasteiger partial charge on any atom is -0.466 e. The van der Waals surface area contributed by atoms with E-state index in [1.165, 1.54) is 13.2 Å². The van der Waals surface area contributed by atoms with Gasteiger partial charge in [-0.25, -0.2) is 4.79 Å². The Balaban J connectivity index is 1.81. The second-order valence-electron chi connectivity index (χ2n) is 11.0. The third-order valence-corrected chi connectivity index (χ3v) is 8.50. The van der Waals surface area contributed by atoms with E-state index < -0.39 is 42.5 Å². The predicted molar refractivity (Wildman–Crippen MR) is 136 cm³/mol. The number of hydrogen-bond donors (Lipinski definition) is 3. The van der Waals surface area contributed by atoms with Gasteiger partial charge in [-0.3, -0.25) is 0 Å². The average molecular weight is 527 g/mol. The fourth-order valence-corrected chi connectivity index (χ4v) is 6.10. The van der Waals surface area contributed by atoms with E-state index in [0.29, 0.717) is 6.42 Å². The summed E-state index contributed by atoms with van der Waals surface area (Å²) in [6.07, 6.45) is 3.55. The number of allylic oxidation sites excluding steroid dienone is 2. The SMILES string of the molecule is CC[C@@H]1[C@@H](C)O[C@]2(C[C@H]1O[C@H]1C[C@H](O)[C@H](O)[C@H](C)O1)O[C@@H]([C@@H](C)/C=C/C=C/C(=O)OC)[C@@H](C)[C@@H](O)[C@@H]2C. The Morgan fingerprint density at radius 1 is 1.08 bits per heavy atom. The molecule has 0 aromatic heterocycles. The summed E-state index contributed by atoms with van der Waals surface area (Å²) in [4.78, 5) is 11.3. The van der Waals surface area contributed by atoms with E-state index in [0.717, 1.165) is 6.42 Å². The number of rotatable bonds is 7. The summed E-state index contributed by atoms with van der Waals surface area (Å²) in [7, 11) is 1.33. The van der Waals surface area contributed by atoms with Crippen LogP contribution in [0.1, 0.15) is 60.8 Å². The molecule has 0 unspecified atom stereocenters. The van der Waals surface area contributed by atoms with Gasteiger partial charge in [0, 0.05) is 42.6 Å². The van der Waals surface area contributed by atoms with Crippen molar-refractivity contribution in [3.63, 3.8) is 0 Å². The smallest absolute Gasteiger partial charge is 0.330 e. The first kappa shape index (κ1) is 30.2. The lowest BCUT2D eigenvalue weighted by Gasteiger charge is -2.57. The topological polar surface area (TPSA) is 124 Å². The molecule has 3 aliphatic rings. The fraction of sp³-hybridized carbons (Fsp3) is 0.821. The van der Waals surface area contributed by atoms with Crippen molar-refractivity contribution < 1.29 is 43.8 Å². The molecule has 3 aliphatic heterocycles. The third-order valence-electron chi connectivity index (χ3n) is 8.50. The van der Waals surface area contributed by atoms with E-state index in [1.54, 1.807) is 19.1 Å². The zero-order valence-corrected chi connectivity index (χ0v) is 23.2. The van der Waals surface area contributed by atoms with Gasteiger partial charge in [0.1, 0.15) is 6.10 Å². The first-order valence-corrected chi connectivity index (χ1v) is 13.6. The zero-order valence-electron chi connectivity index (χ0n) is 23.2. The van der Waals surface area contributed by atoms with E-state index in [4.69, 9.17) is 18.9 Å². The molecule has 3 rings (SSSR count). The molecule has 0 radical (unpaired) electrons. The van der Waals surface area contributed by atoms with Crippen LogP contribution in [0, 0.1) is 23.7 Å². The van der Waals surface area contributed by atoms with Crippen molar-refractivity contribution in [2.24, 2.45) is 23.7 Å². The lowest BCUT2D eigenvalue weighted by Crippen LogP contribution is -2.65. The molecule has 0 saturated carbocycles. The van der Waals surface area contributed by atoms with Gasteiger partial charge in [0.05, 0.1) is 43.7 Å². The van der Waals surface area contributed by atoms with E-state index in [2.05, 4.69) is 11.7 Å². The minimum absolute atomic E-state index is 0.0695. The lowest BCUT2D eigenvalue weighted by molar-refractivity contribution is -0.392. The van der Waals surface area contributed by atoms with E-state index in [9.17, 15) is 20.1 Å². The molecule has 9 heteroatoms. The fourth-order valence-electron chi connectivity index (χ4n) is 6.10. The van der Waals surface area contributed by atoms with Crippen molar-refractivity contribution in [1.82, 2.24) is 0 Å². The quantitative estimate of drug-likeness (QED) is 0.261. The molecule has 3 fully saturated rings. The molecule has 13 atom stereocenters. The number of hydrogen-bond acceptors (Lipinski definition) is 9. The largest absolute Gasteiger partial charge is 0.466 e. The van der Waals surface area contributed by atoms with Crippen molar-refractivity contribution in [1.29, 1.82) is 0 Å². The Morgan fingerprint density at radius 3 is 2.41 bits per heavy atom. The standard InChI is InChI=1S/C28H46O9/c1-8-20-18(5)36-28(14-22(20)35-24-13-21(29)26(32)19(6)34-24)17(4)25(31)16(3)27(37-28)15(2)11-9-10-12-23(30)33-7/h9-12,15-22,24-27,29,31-32H,8,13-14H2,1-7H3/b11-9+,12-10+/t15-,16-,17-,18+,19-,20+,21-,22+,24-,25+,26+,27-,28+/m0/s1. The van der Waals surface area contributed by atoms with Gasteiger partial charge in [0.15, 0.2) is 12.1 Å². The van der Waals surface area contributed by atoms with Crippen LogP contribution in [0.15, 0.2) is 24.3 Å². The number of methoxy groups -OCH3 is 1. The van der Waals surface area contributed by atoms with Crippen LogP contribution in [0.25, 0.3) is 0 Å². The van der Waals surface area contributed by atoms with Crippen molar-refractivity contribution in [2.75, 3.05) is 7.11 Å². The highest BCUT2D eigenvalue weighted by Gasteiger charge is 2.58. The van der Waals surface area contributed by atoms with Gasteiger partial charge in [0.25, 0.3) is 0 Å². The Hall–Kier alpha value is -1.33. The van der Waals surface area contributed by atoms with Crippen LogP contribution in [0.2, 0.25) is 0 Å². The van der Waals surface area contributed by atoms with Crippen molar-refractivity contribution in [3.05, 3.63) is 24.3 Å². The van der Waals surface area contributed by atoms with Crippen LogP contribution in [0.3, 0.4) is 0 Å². The van der Waals surface area contributed by atoms with Crippen LogP contribution in [0.4, 0.5) is 0 Å². The Morgan fingerprint density at radius 2 is 1.78 bits per heavy atom. The van der Waals surface area contributed by atoms with Gasteiger partial charge in [0.2, 0.25) is 0 Å². The van der Waals surface area contributed by atoms with Crippen molar-refractivity contribution >= 4 is 5.97 Å². The maximum atomic E-state index is 11.3. The second kappa shape index (κ2) is 12.7. The summed E-state index contributed by atoms with van der Waals surface area (Å²) in [6, 6.07) is 0. The Labute approximate surface area is 220 Å². The summed E-state index contributed by atoms with van der Waals surface area (Å²) in [5.41, 5.74) is 0. The second-order valence-corrected chi connectivity index (χ2v) is 11.0. The number of esters is 1. The van der Waals surface area contributed by atoms with Gasteiger partial charge in [-0.1, -0.05) is 45.9 Å². The van der Waals surface area contributed by atoms with Gasteiger partial charge >= 0.3 is 5.97 Å². The van der Waals surface area contributed by atoms with E-state index in [-0.39, 0.29) is 48.4 Å². The highest BCUT2D eigenvalue weighted by Crippen LogP contribution is 2.49. The highest BCUT2D eigenvalue weighted by atomic mass is 16.7. The molecule has 0 amide bonds. The molecule has 0 aromatic carbocycles. The van der Waals surface area contributed by atoms with Crippen molar-refractivity contribution in [3.8, 4) is 0 Å². The summed E-state index contributed by atoms with van der Waals surface area (Å²) >= 11 is 0. The Bertz CT molecular complexity index is 803.